The third kappa shape index (κ3) is 8.85. The van der Waals surface area contributed by atoms with Crippen molar-refractivity contribution >= 4 is 5.91 Å². The van der Waals surface area contributed by atoms with Crippen LogP contribution in [-0.4, -0.2) is 49.8 Å². The van der Waals surface area contributed by atoms with Gasteiger partial charge in [-0.25, -0.2) is 0 Å². The van der Waals surface area contributed by atoms with Crippen molar-refractivity contribution in [2.24, 2.45) is 0 Å². The Morgan fingerprint density at radius 3 is 1.82 bits per heavy atom. The molecule has 7 heteroatoms. The zero-order chi connectivity index (χ0) is 27.3. The van der Waals surface area contributed by atoms with Gasteiger partial charge in [-0.2, -0.15) is 0 Å². The number of rotatable bonds is 14. The van der Waals surface area contributed by atoms with E-state index in [1.54, 1.807) is 6.08 Å². The lowest BCUT2D eigenvalue weighted by Crippen LogP contribution is -2.66. The molecule has 0 aromatic heterocycles. The number of amides is 1. The highest BCUT2D eigenvalue weighted by Crippen LogP contribution is 2.29. The average molecular weight is 532 g/mol. The van der Waals surface area contributed by atoms with E-state index in [-0.39, 0.29) is 19.1 Å². The molecular formula is C32H37NO6. The SMILES string of the molecule is C=CCO[C@@H]1O[C@H](COCc2ccccc2)[C@@H](OCc2ccccc2)[C@H](OCc2ccccc2)[C@H]1NC(C)=O. The van der Waals surface area contributed by atoms with Crippen LogP contribution >= 0.6 is 0 Å². The Kier molecular flexibility index (Phi) is 11.3. The minimum absolute atomic E-state index is 0.218. The Hall–Kier alpha value is -3.33. The maximum absolute atomic E-state index is 12.3. The molecule has 206 valence electrons. The molecule has 1 fully saturated rings. The van der Waals surface area contributed by atoms with Crippen molar-refractivity contribution in [1.82, 2.24) is 5.32 Å². The Bertz CT molecular complexity index is 1130. The molecule has 1 saturated heterocycles. The largest absolute Gasteiger partial charge is 0.374 e. The van der Waals surface area contributed by atoms with Crippen LogP contribution in [0.4, 0.5) is 0 Å². The van der Waals surface area contributed by atoms with E-state index in [2.05, 4.69) is 11.9 Å². The molecule has 0 unspecified atom stereocenters. The fourth-order valence-electron chi connectivity index (χ4n) is 4.53. The summed E-state index contributed by atoms with van der Waals surface area (Å²) in [6.45, 7) is 6.83. The Morgan fingerprint density at radius 2 is 1.31 bits per heavy atom. The Morgan fingerprint density at radius 1 is 0.795 bits per heavy atom. The van der Waals surface area contributed by atoms with Crippen molar-refractivity contribution in [2.45, 2.75) is 57.4 Å². The molecule has 1 N–H and O–H groups in total. The van der Waals surface area contributed by atoms with E-state index in [9.17, 15) is 4.79 Å². The number of hydrogen-bond acceptors (Lipinski definition) is 6. The summed E-state index contributed by atoms with van der Waals surface area (Å²) in [5.74, 6) is -0.218. The van der Waals surface area contributed by atoms with Crippen molar-refractivity contribution in [2.75, 3.05) is 13.2 Å². The molecule has 1 aliphatic heterocycles. The van der Waals surface area contributed by atoms with Gasteiger partial charge in [0.2, 0.25) is 5.91 Å². The molecule has 3 aromatic carbocycles. The normalized spacial score (nSPS) is 22.7. The van der Waals surface area contributed by atoms with E-state index in [0.29, 0.717) is 19.8 Å². The molecule has 5 atom stereocenters. The van der Waals surface area contributed by atoms with Crippen molar-refractivity contribution in [3.63, 3.8) is 0 Å². The monoisotopic (exact) mass is 531 g/mol. The lowest BCUT2D eigenvalue weighted by molar-refractivity contribution is -0.288. The molecule has 0 radical (unpaired) electrons. The summed E-state index contributed by atoms with van der Waals surface area (Å²) in [4.78, 5) is 12.3. The summed E-state index contributed by atoms with van der Waals surface area (Å²) in [6, 6.07) is 29.2. The van der Waals surface area contributed by atoms with Gasteiger partial charge in [0.25, 0.3) is 0 Å². The van der Waals surface area contributed by atoms with Crippen LogP contribution in [0.2, 0.25) is 0 Å². The third-order valence-electron chi connectivity index (χ3n) is 6.36. The number of carbonyl (C=O) groups is 1. The molecule has 0 spiro atoms. The van der Waals surface area contributed by atoms with Gasteiger partial charge in [0, 0.05) is 6.92 Å². The molecule has 1 aliphatic rings. The third-order valence-corrected chi connectivity index (χ3v) is 6.36. The van der Waals surface area contributed by atoms with Crippen molar-refractivity contribution in [3.8, 4) is 0 Å². The van der Waals surface area contributed by atoms with Crippen LogP contribution in [0, 0.1) is 0 Å². The molecule has 7 nitrogen and oxygen atoms in total. The molecule has 1 amide bonds. The van der Waals surface area contributed by atoms with Crippen molar-refractivity contribution < 1.29 is 28.5 Å². The Balaban J connectivity index is 1.59. The molecule has 4 rings (SSSR count). The van der Waals surface area contributed by atoms with Crippen LogP contribution in [0.25, 0.3) is 0 Å². The number of nitrogens with one attached hydrogen (secondary N) is 1. The van der Waals surface area contributed by atoms with Crippen LogP contribution in [0.5, 0.6) is 0 Å². The van der Waals surface area contributed by atoms with Gasteiger partial charge in [-0.1, -0.05) is 97.1 Å². The summed E-state index contributed by atoms with van der Waals surface area (Å²) in [6.07, 6.45) is -0.781. The highest BCUT2D eigenvalue weighted by molar-refractivity contribution is 5.73. The first-order valence-corrected chi connectivity index (χ1v) is 13.2. The van der Waals surface area contributed by atoms with E-state index in [0.717, 1.165) is 16.7 Å². The van der Waals surface area contributed by atoms with Crippen LogP contribution in [0.1, 0.15) is 23.6 Å². The lowest BCUT2D eigenvalue weighted by atomic mass is 9.95. The number of hydrogen-bond donors (Lipinski definition) is 1. The van der Waals surface area contributed by atoms with Gasteiger partial charge in [-0.05, 0) is 16.7 Å². The van der Waals surface area contributed by atoms with E-state index < -0.39 is 30.6 Å². The number of carbonyl (C=O) groups excluding carboxylic acids is 1. The summed E-state index contributed by atoms with van der Waals surface area (Å²) >= 11 is 0. The zero-order valence-corrected chi connectivity index (χ0v) is 22.3. The average Bonchev–Trinajstić information content (AvgIpc) is 2.96. The predicted octanol–water partition coefficient (Wildman–Crippen LogP) is 4.81. The molecule has 0 saturated carbocycles. The number of benzene rings is 3. The maximum atomic E-state index is 12.3. The summed E-state index contributed by atoms with van der Waals surface area (Å²) in [5, 5.41) is 2.99. The molecule has 3 aromatic rings. The van der Waals surface area contributed by atoms with Gasteiger partial charge in [0.05, 0.1) is 33.0 Å². The van der Waals surface area contributed by atoms with Crippen LogP contribution in [0.15, 0.2) is 104 Å². The van der Waals surface area contributed by atoms with E-state index in [4.69, 9.17) is 23.7 Å². The fraction of sp³-hybridized carbons (Fsp3) is 0.344. The van der Waals surface area contributed by atoms with Gasteiger partial charge < -0.3 is 29.0 Å². The predicted molar refractivity (Wildman–Crippen MR) is 149 cm³/mol. The summed E-state index contributed by atoms with van der Waals surface area (Å²) < 4.78 is 31.5. The van der Waals surface area contributed by atoms with Crippen LogP contribution in [0.3, 0.4) is 0 Å². The zero-order valence-electron chi connectivity index (χ0n) is 22.3. The van der Waals surface area contributed by atoms with Gasteiger partial charge in [0.15, 0.2) is 6.29 Å². The maximum Gasteiger partial charge on any atom is 0.217 e. The van der Waals surface area contributed by atoms with Gasteiger partial charge in [0.1, 0.15) is 24.4 Å². The minimum Gasteiger partial charge on any atom is -0.374 e. The second-order valence-corrected chi connectivity index (χ2v) is 9.41. The molecule has 39 heavy (non-hydrogen) atoms. The smallest absolute Gasteiger partial charge is 0.217 e. The quantitative estimate of drug-likeness (QED) is 0.301. The molecule has 1 heterocycles. The van der Waals surface area contributed by atoms with Gasteiger partial charge in [-0.15, -0.1) is 6.58 Å². The van der Waals surface area contributed by atoms with E-state index >= 15 is 0 Å². The van der Waals surface area contributed by atoms with E-state index in [1.807, 2.05) is 91.0 Å². The second-order valence-electron chi connectivity index (χ2n) is 9.41. The highest BCUT2D eigenvalue weighted by Gasteiger charge is 2.48. The highest BCUT2D eigenvalue weighted by atomic mass is 16.7. The van der Waals surface area contributed by atoms with E-state index in [1.165, 1.54) is 6.92 Å². The first-order chi connectivity index (χ1) is 19.1. The Labute approximate surface area is 230 Å². The molecule has 0 aliphatic carbocycles. The first kappa shape index (κ1) is 28.7. The van der Waals surface area contributed by atoms with Gasteiger partial charge in [-0.3, -0.25) is 4.79 Å². The first-order valence-electron chi connectivity index (χ1n) is 13.2. The lowest BCUT2D eigenvalue weighted by Gasteiger charge is -2.46. The second kappa shape index (κ2) is 15.3. The molecule has 0 bridgehead atoms. The molecular weight excluding hydrogens is 494 g/mol. The van der Waals surface area contributed by atoms with Gasteiger partial charge >= 0.3 is 0 Å². The van der Waals surface area contributed by atoms with Crippen molar-refractivity contribution in [1.29, 1.82) is 0 Å². The number of ether oxygens (including phenoxy) is 5. The minimum atomic E-state index is -0.783. The van der Waals surface area contributed by atoms with Crippen LogP contribution in [-0.2, 0) is 48.3 Å². The topological polar surface area (TPSA) is 75.2 Å². The fourth-order valence-corrected chi connectivity index (χ4v) is 4.53. The van der Waals surface area contributed by atoms with Crippen LogP contribution < -0.4 is 5.32 Å². The summed E-state index contributed by atoms with van der Waals surface area (Å²) in [5.41, 5.74) is 3.08. The summed E-state index contributed by atoms with van der Waals surface area (Å²) in [7, 11) is 0. The van der Waals surface area contributed by atoms with Crippen molar-refractivity contribution in [3.05, 3.63) is 120 Å². The standard InChI is InChI=1S/C32H37NO6/c1-3-19-36-32-29(33-24(2)34)31(38-22-27-17-11-6-12-18-27)30(37-21-26-15-9-5-10-16-26)28(39-32)23-35-20-25-13-7-4-8-14-25/h3-18,28-32H,1,19-23H2,2H3,(H,33,34)/t28-,29-,30-,31-,32-/m1/s1.